The van der Waals surface area contributed by atoms with Crippen molar-refractivity contribution >= 4 is 33.2 Å². The molecule has 34 heavy (non-hydrogen) atoms. The van der Waals surface area contributed by atoms with E-state index in [9.17, 15) is 22.4 Å². The molecule has 182 valence electrons. The molecule has 1 saturated heterocycles. The van der Waals surface area contributed by atoms with Crippen molar-refractivity contribution in [2.24, 2.45) is 0 Å². The van der Waals surface area contributed by atoms with Gasteiger partial charge in [-0.3, -0.25) is 9.69 Å². The summed E-state index contributed by atoms with van der Waals surface area (Å²) >= 11 is 0. The van der Waals surface area contributed by atoms with E-state index in [-0.39, 0.29) is 24.6 Å². The van der Waals surface area contributed by atoms with Crippen LogP contribution in [0, 0.1) is 5.82 Å². The number of rotatable bonds is 3. The normalized spacial score (nSPS) is 19.0. The Morgan fingerprint density at radius 3 is 2.35 bits per heavy atom. The van der Waals surface area contributed by atoms with Gasteiger partial charge < -0.3 is 14.4 Å². The summed E-state index contributed by atoms with van der Waals surface area (Å²) in [6.07, 6.45) is 1.42. The molecule has 1 atom stereocenters. The second-order valence-corrected chi connectivity index (χ2v) is 10.6. The van der Waals surface area contributed by atoms with Crippen LogP contribution >= 0.6 is 0 Å². The number of benzene rings is 2. The van der Waals surface area contributed by atoms with Crippen LogP contribution in [0.5, 0.6) is 0 Å². The third-order valence-corrected chi connectivity index (χ3v) is 7.18. The Kier molecular flexibility index (Phi) is 6.64. The molecule has 0 saturated carbocycles. The van der Waals surface area contributed by atoms with Crippen molar-refractivity contribution < 1.29 is 31.9 Å². The summed E-state index contributed by atoms with van der Waals surface area (Å²) in [6, 6.07) is 8.69. The first-order valence-electron chi connectivity index (χ1n) is 11.1. The van der Waals surface area contributed by atoms with Gasteiger partial charge in [-0.1, -0.05) is 12.1 Å². The van der Waals surface area contributed by atoms with Crippen molar-refractivity contribution in [2.75, 3.05) is 35.8 Å². The predicted octanol–water partition coefficient (Wildman–Crippen LogP) is 3.77. The lowest BCUT2D eigenvalue weighted by molar-refractivity contribution is -0.117. The van der Waals surface area contributed by atoms with Gasteiger partial charge in [0.25, 0.3) is 0 Å². The summed E-state index contributed by atoms with van der Waals surface area (Å²) in [6.45, 7) is 4.60. The maximum atomic E-state index is 14.1. The third kappa shape index (κ3) is 4.78. The fraction of sp³-hybridized carbons (Fsp3) is 0.417. The molecule has 2 heterocycles. The lowest BCUT2D eigenvalue weighted by Crippen LogP contribution is -2.52. The minimum Gasteiger partial charge on any atom is -0.446 e. The second-order valence-electron chi connectivity index (χ2n) is 8.66. The number of hydrogen-bond donors (Lipinski definition) is 0. The van der Waals surface area contributed by atoms with Gasteiger partial charge in [0.2, 0.25) is 5.91 Å². The number of amides is 2. The van der Waals surface area contributed by atoms with Gasteiger partial charge in [-0.15, -0.1) is 0 Å². The van der Waals surface area contributed by atoms with Crippen molar-refractivity contribution in [2.45, 2.75) is 43.7 Å². The highest BCUT2D eigenvalue weighted by Crippen LogP contribution is 2.40. The monoisotopic (exact) mass is 490 g/mol. The molecule has 0 aromatic heterocycles. The smallest absolute Gasteiger partial charge is 0.414 e. The van der Waals surface area contributed by atoms with Crippen LogP contribution in [-0.4, -0.2) is 58.6 Å². The number of hydrogen-bond acceptors (Lipinski definition) is 6. The molecule has 10 heteroatoms. The first-order chi connectivity index (χ1) is 16.1. The zero-order valence-corrected chi connectivity index (χ0v) is 20.1. The van der Waals surface area contributed by atoms with E-state index < -0.39 is 26.6 Å². The summed E-state index contributed by atoms with van der Waals surface area (Å²) in [7, 11) is -3.77. The molecular weight excluding hydrogens is 463 g/mol. The van der Waals surface area contributed by atoms with Gasteiger partial charge in [-0.25, -0.2) is 17.6 Å². The number of nitrogens with zero attached hydrogens (tertiary/aromatic N) is 2. The molecule has 2 amide bonds. The first-order valence-corrected chi connectivity index (χ1v) is 12.9. The Morgan fingerprint density at radius 1 is 1.06 bits per heavy atom. The molecule has 4 rings (SSSR count). The Morgan fingerprint density at radius 2 is 1.71 bits per heavy atom. The van der Waals surface area contributed by atoms with Crippen molar-refractivity contribution in [3.05, 3.63) is 42.2 Å². The average molecular weight is 491 g/mol. The van der Waals surface area contributed by atoms with E-state index in [4.69, 9.17) is 9.47 Å². The van der Waals surface area contributed by atoms with E-state index in [0.29, 0.717) is 48.6 Å². The minimum atomic E-state index is -3.77. The van der Waals surface area contributed by atoms with E-state index in [1.165, 1.54) is 24.0 Å². The molecule has 0 spiro atoms. The zero-order valence-electron chi connectivity index (χ0n) is 19.3. The molecule has 0 aliphatic carbocycles. The van der Waals surface area contributed by atoms with Crippen LogP contribution in [0.4, 0.5) is 20.6 Å². The van der Waals surface area contributed by atoms with Crippen LogP contribution in [0.15, 0.2) is 41.3 Å². The summed E-state index contributed by atoms with van der Waals surface area (Å²) in [5, 5.41) is 0. The molecule has 2 aliphatic rings. The van der Waals surface area contributed by atoms with E-state index in [1.807, 2.05) is 6.92 Å². The molecule has 0 radical (unpaired) electrons. The first kappa shape index (κ1) is 24.2. The molecule has 0 N–H and O–H groups in total. The quantitative estimate of drug-likeness (QED) is 0.650. The number of ether oxygens (including phenoxy) is 2. The molecule has 0 bridgehead atoms. The Balaban J connectivity index is 1.76. The van der Waals surface area contributed by atoms with Crippen LogP contribution in [0.3, 0.4) is 0 Å². The number of halogens is 1. The summed E-state index contributed by atoms with van der Waals surface area (Å²) in [5.74, 6) is -0.998. The van der Waals surface area contributed by atoms with E-state index in [0.717, 1.165) is 12.3 Å². The molecule has 2 aliphatic heterocycles. The highest BCUT2D eigenvalue weighted by molar-refractivity contribution is 7.90. The number of sulfone groups is 1. The van der Waals surface area contributed by atoms with Crippen LogP contribution < -0.4 is 9.80 Å². The minimum absolute atomic E-state index is 0.167. The van der Waals surface area contributed by atoms with Crippen LogP contribution in [0.1, 0.15) is 26.7 Å². The van der Waals surface area contributed by atoms with Gasteiger partial charge in [-0.2, -0.15) is 0 Å². The van der Waals surface area contributed by atoms with Crippen LogP contribution in [-0.2, 0) is 24.1 Å². The number of anilines is 2. The largest absolute Gasteiger partial charge is 0.446 e. The maximum absolute atomic E-state index is 14.1. The van der Waals surface area contributed by atoms with Gasteiger partial charge in [0.15, 0.2) is 9.84 Å². The molecular formula is C24H27FN2O6S. The van der Waals surface area contributed by atoms with Gasteiger partial charge in [0.1, 0.15) is 16.8 Å². The topological polar surface area (TPSA) is 93.2 Å². The molecule has 8 nitrogen and oxygen atoms in total. The Labute approximate surface area is 198 Å². The van der Waals surface area contributed by atoms with Crippen molar-refractivity contribution in [3.63, 3.8) is 0 Å². The predicted molar refractivity (Wildman–Crippen MR) is 125 cm³/mol. The van der Waals surface area contributed by atoms with Crippen molar-refractivity contribution in [3.8, 4) is 11.1 Å². The van der Waals surface area contributed by atoms with Crippen LogP contribution in [0.25, 0.3) is 11.1 Å². The van der Waals surface area contributed by atoms with E-state index in [2.05, 4.69) is 0 Å². The van der Waals surface area contributed by atoms with Crippen molar-refractivity contribution in [1.82, 2.24) is 0 Å². The molecule has 1 unspecified atom stereocenters. The van der Waals surface area contributed by atoms with Gasteiger partial charge in [0, 0.05) is 32.6 Å². The third-order valence-electron chi connectivity index (χ3n) is 6.07. The zero-order chi connectivity index (χ0) is 24.6. The summed E-state index contributed by atoms with van der Waals surface area (Å²) in [5.41, 5.74) is 2.05. The van der Waals surface area contributed by atoms with Crippen molar-refractivity contribution in [1.29, 1.82) is 0 Å². The average Bonchev–Trinajstić information content (AvgIpc) is 2.78. The van der Waals surface area contributed by atoms with E-state index >= 15 is 0 Å². The second kappa shape index (κ2) is 9.34. The number of carbonyl (C=O) groups excluding carboxylic acids is 2. The lowest BCUT2D eigenvalue weighted by atomic mass is 10.0. The Bertz CT molecular complexity index is 1230. The number of fused-ring (bicyclic) bond motifs is 1. The van der Waals surface area contributed by atoms with Gasteiger partial charge >= 0.3 is 6.09 Å². The SMILES string of the molecule is CC(=O)N1c2ccc(-c3ccc(F)c(S(C)(=O)=O)c3)cc2N(C(=O)OC2CCOCC2)CC1C. The van der Waals surface area contributed by atoms with Crippen LogP contribution in [0.2, 0.25) is 0 Å². The lowest BCUT2D eigenvalue weighted by Gasteiger charge is -2.41. The fourth-order valence-corrected chi connectivity index (χ4v) is 5.19. The van der Waals surface area contributed by atoms with E-state index in [1.54, 1.807) is 23.1 Å². The number of carbonyl (C=O) groups is 2. The highest BCUT2D eigenvalue weighted by atomic mass is 32.2. The molecule has 1 fully saturated rings. The van der Waals surface area contributed by atoms with Gasteiger partial charge in [-0.05, 0) is 42.3 Å². The fourth-order valence-electron chi connectivity index (χ4n) is 4.42. The maximum Gasteiger partial charge on any atom is 0.414 e. The summed E-state index contributed by atoms with van der Waals surface area (Å²) in [4.78, 5) is 28.3. The van der Waals surface area contributed by atoms with Gasteiger partial charge in [0.05, 0.1) is 30.6 Å². The summed E-state index contributed by atoms with van der Waals surface area (Å²) < 4.78 is 49.2. The standard InChI is InChI=1S/C24H27FN2O6S/c1-15-14-26(24(29)33-19-8-10-32-11-9-19)22-12-17(5-7-21(22)27(15)16(2)28)18-4-6-20(25)23(13-18)34(3,30)31/h4-7,12-13,15,19H,8-11,14H2,1-3H3. The highest BCUT2D eigenvalue weighted by Gasteiger charge is 2.35. The molecule has 2 aromatic carbocycles. The Hall–Kier alpha value is -2.98. The molecule has 2 aromatic rings.